The van der Waals surface area contributed by atoms with Crippen LogP contribution in [0, 0.1) is 0 Å². The zero-order valence-corrected chi connectivity index (χ0v) is 12.4. The van der Waals surface area contributed by atoms with Gasteiger partial charge in [0.1, 0.15) is 0 Å². The maximum Gasteiger partial charge on any atom is 0.239 e. The lowest BCUT2D eigenvalue weighted by molar-refractivity contribution is -0.135. The van der Waals surface area contributed by atoms with Crippen molar-refractivity contribution in [2.75, 3.05) is 19.6 Å². The summed E-state index contributed by atoms with van der Waals surface area (Å²) in [6.45, 7) is 6.79. The highest BCUT2D eigenvalue weighted by Gasteiger charge is 2.19. The van der Waals surface area contributed by atoms with Gasteiger partial charge in [0.15, 0.2) is 0 Å². The van der Waals surface area contributed by atoms with Crippen LogP contribution in [0.4, 0.5) is 0 Å². The molecule has 19 heavy (non-hydrogen) atoms. The number of carbonyl (C=O) groups excluding carboxylic acids is 2. The van der Waals surface area contributed by atoms with E-state index < -0.39 is 0 Å². The minimum Gasteiger partial charge on any atom is -0.352 e. The molecule has 1 aliphatic carbocycles. The van der Waals surface area contributed by atoms with Crippen molar-refractivity contribution in [3.8, 4) is 0 Å². The molecule has 0 bridgehead atoms. The average Bonchev–Trinajstić information content (AvgIpc) is 2.85. The molecule has 0 atom stereocenters. The molecule has 5 nitrogen and oxygen atoms in total. The van der Waals surface area contributed by atoms with Gasteiger partial charge in [0, 0.05) is 18.6 Å². The third-order valence-electron chi connectivity index (χ3n) is 3.42. The van der Waals surface area contributed by atoms with Gasteiger partial charge in [-0.15, -0.1) is 0 Å². The number of nitrogens with one attached hydrogen (secondary N) is 2. The highest BCUT2D eigenvalue weighted by atomic mass is 16.2. The molecule has 1 fully saturated rings. The van der Waals surface area contributed by atoms with E-state index in [1.165, 1.54) is 12.8 Å². The Kier molecular flexibility index (Phi) is 6.84. The zero-order valence-electron chi connectivity index (χ0n) is 12.4. The Morgan fingerprint density at radius 1 is 1.26 bits per heavy atom. The number of likely N-dealkylation sites (N-methyl/N-ethyl adjacent to an activating group) is 1. The number of hydrogen-bond donors (Lipinski definition) is 2. The fourth-order valence-electron chi connectivity index (χ4n) is 2.39. The van der Waals surface area contributed by atoms with E-state index >= 15 is 0 Å². The first-order valence-corrected chi connectivity index (χ1v) is 7.33. The Morgan fingerprint density at radius 2 is 1.89 bits per heavy atom. The van der Waals surface area contributed by atoms with Crippen LogP contribution in [-0.4, -0.2) is 48.4 Å². The Balaban J connectivity index is 2.31. The van der Waals surface area contributed by atoms with Crippen LogP contribution < -0.4 is 10.6 Å². The first-order valence-electron chi connectivity index (χ1n) is 7.33. The molecule has 1 aliphatic rings. The minimum atomic E-state index is -0.0916. The Morgan fingerprint density at radius 3 is 2.42 bits per heavy atom. The smallest absolute Gasteiger partial charge is 0.239 e. The summed E-state index contributed by atoms with van der Waals surface area (Å²) in [7, 11) is 0. The highest BCUT2D eigenvalue weighted by molar-refractivity contribution is 5.85. The molecule has 5 heteroatoms. The monoisotopic (exact) mass is 269 g/mol. The number of amides is 2. The predicted molar refractivity (Wildman–Crippen MR) is 75.8 cm³/mol. The van der Waals surface area contributed by atoms with E-state index in [4.69, 9.17) is 0 Å². The van der Waals surface area contributed by atoms with E-state index in [2.05, 4.69) is 10.6 Å². The van der Waals surface area contributed by atoms with Crippen molar-refractivity contribution in [3.05, 3.63) is 0 Å². The van der Waals surface area contributed by atoms with Gasteiger partial charge in [-0.3, -0.25) is 9.59 Å². The van der Waals surface area contributed by atoms with Crippen LogP contribution in [0.15, 0.2) is 0 Å². The topological polar surface area (TPSA) is 61.4 Å². The van der Waals surface area contributed by atoms with Gasteiger partial charge in [-0.25, -0.2) is 0 Å². The van der Waals surface area contributed by atoms with Crippen molar-refractivity contribution in [1.29, 1.82) is 0 Å². The second-order valence-corrected chi connectivity index (χ2v) is 5.49. The minimum absolute atomic E-state index is 0.00769. The van der Waals surface area contributed by atoms with Crippen molar-refractivity contribution in [2.45, 2.75) is 58.5 Å². The van der Waals surface area contributed by atoms with Crippen LogP contribution in [0.3, 0.4) is 0 Å². The molecule has 1 saturated carbocycles. The van der Waals surface area contributed by atoms with E-state index in [1.807, 2.05) is 20.8 Å². The Hall–Kier alpha value is -1.10. The number of hydrogen-bond acceptors (Lipinski definition) is 3. The van der Waals surface area contributed by atoms with Gasteiger partial charge in [0.2, 0.25) is 11.8 Å². The van der Waals surface area contributed by atoms with Crippen LogP contribution in [0.1, 0.15) is 46.5 Å². The van der Waals surface area contributed by atoms with E-state index in [9.17, 15) is 9.59 Å². The quantitative estimate of drug-likeness (QED) is 0.721. The van der Waals surface area contributed by atoms with Crippen LogP contribution in [0.25, 0.3) is 0 Å². The first-order chi connectivity index (χ1) is 9.02. The second kappa shape index (κ2) is 8.15. The molecule has 2 N–H and O–H groups in total. The molecule has 0 aliphatic heterocycles. The molecule has 0 aromatic heterocycles. The summed E-state index contributed by atoms with van der Waals surface area (Å²) in [5.41, 5.74) is 0. The third kappa shape index (κ3) is 6.05. The number of rotatable bonds is 7. The maximum absolute atomic E-state index is 12.0. The van der Waals surface area contributed by atoms with Gasteiger partial charge in [-0.05, 0) is 33.6 Å². The van der Waals surface area contributed by atoms with Gasteiger partial charge < -0.3 is 15.5 Å². The SMILES string of the molecule is CCN(CC(=O)NC(C)C)C(=O)CNC1CCCC1. The zero-order chi connectivity index (χ0) is 14.3. The lowest BCUT2D eigenvalue weighted by atomic mass is 10.2. The van der Waals surface area contributed by atoms with Crippen molar-refractivity contribution in [3.63, 3.8) is 0 Å². The molecular weight excluding hydrogens is 242 g/mol. The molecule has 0 heterocycles. The van der Waals surface area contributed by atoms with Crippen molar-refractivity contribution in [1.82, 2.24) is 15.5 Å². The summed E-state index contributed by atoms with van der Waals surface area (Å²) in [5.74, 6) is -0.0839. The van der Waals surface area contributed by atoms with Gasteiger partial charge in [-0.1, -0.05) is 12.8 Å². The lowest BCUT2D eigenvalue weighted by Gasteiger charge is -2.22. The van der Waals surface area contributed by atoms with Crippen LogP contribution in [0.2, 0.25) is 0 Å². The summed E-state index contributed by atoms with van der Waals surface area (Å²) < 4.78 is 0. The van der Waals surface area contributed by atoms with Crippen molar-refractivity contribution < 1.29 is 9.59 Å². The predicted octanol–water partition coefficient (Wildman–Crippen LogP) is 0.892. The Bertz CT molecular complexity index is 299. The molecule has 2 amide bonds. The van der Waals surface area contributed by atoms with Crippen molar-refractivity contribution >= 4 is 11.8 Å². The van der Waals surface area contributed by atoms with Gasteiger partial charge in [0.25, 0.3) is 0 Å². The molecule has 0 saturated heterocycles. The van der Waals surface area contributed by atoms with E-state index in [-0.39, 0.29) is 24.4 Å². The largest absolute Gasteiger partial charge is 0.352 e. The van der Waals surface area contributed by atoms with Gasteiger partial charge >= 0.3 is 0 Å². The molecule has 0 spiro atoms. The second-order valence-electron chi connectivity index (χ2n) is 5.49. The highest BCUT2D eigenvalue weighted by Crippen LogP contribution is 2.17. The third-order valence-corrected chi connectivity index (χ3v) is 3.42. The van der Waals surface area contributed by atoms with Crippen molar-refractivity contribution in [2.24, 2.45) is 0 Å². The number of carbonyl (C=O) groups is 2. The summed E-state index contributed by atoms with van der Waals surface area (Å²) in [6, 6.07) is 0.588. The van der Waals surface area contributed by atoms with Gasteiger partial charge in [-0.2, -0.15) is 0 Å². The Labute approximate surface area is 116 Å². The van der Waals surface area contributed by atoms with Crippen LogP contribution in [-0.2, 0) is 9.59 Å². The summed E-state index contributed by atoms with van der Waals surface area (Å²) >= 11 is 0. The molecular formula is C14H27N3O2. The molecule has 0 aromatic carbocycles. The first kappa shape index (κ1) is 16.0. The lowest BCUT2D eigenvalue weighted by Crippen LogP contribution is -2.46. The fraction of sp³-hybridized carbons (Fsp3) is 0.857. The van der Waals surface area contributed by atoms with E-state index in [1.54, 1.807) is 4.90 Å². The molecule has 0 radical (unpaired) electrons. The molecule has 0 aromatic rings. The van der Waals surface area contributed by atoms with Crippen LogP contribution >= 0.6 is 0 Å². The standard InChI is InChI=1S/C14H27N3O2/c1-4-17(10-13(18)16-11(2)3)14(19)9-15-12-7-5-6-8-12/h11-12,15H,4-10H2,1-3H3,(H,16,18). The summed E-state index contributed by atoms with van der Waals surface area (Å²) in [6.07, 6.45) is 4.82. The summed E-state index contributed by atoms with van der Waals surface area (Å²) in [4.78, 5) is 25.3. The fourth-order valence-corrected chi connectivity index (χ4v) is 2.39. The maximum atomic E-state index is 12.0. The molecule has 1 rings (SSSR count). The van der Waals surface area contributed by atoms with Gasteiger partial charge in [0.05, 0.1) is 13.1 Å². The van der Waals surface area contributed by atoms with Crippen LogP contribution in [0.5, 0.6) is 0 Å². The van der Waals surface area contributed by atoms with E-state index in [0.29, 0.717) is 19.1 Å². The molecule has 110 valence electrons. The number of nitrogens with zero attached hydrogens (tertiary/aromatic N) is 1. The average molecular weight is 269 g/mol. The normalized spacial score (nSPS) is 15.8. The van der Waals surface area contributed by atoms with E-state index in [0.717, 1.165) is 12.8 Å². The summed E-state index contributed by atoms with van der Waals surface area (Å²) in [5, 5.41) is 6.09. The molecule has 0 unspecified atom stereocenters.